The van der Waals surface area contributed by atoms with Crippen LogP contribution in [0.5, 0.6) is 0 Å². The number of rotatable bonds is 3. The van der Waals surface area contributed by atoms with Gasteiger partial charge in [-0.1, -0.05) is 12.2 Å². The molecule has 2 nitrogen and oxygen atoms in total. The minimum Gasteiger partial charge on any atom is -0.392 e. The Kier molecular flexibility index (Phi) is 2.49. The molecule has 1 aromatic rings. The summed E-state index contributed by atoms with van der Waals surface area (Å²) in [4.78, 5) is 0. The Morgan fingerprint density at radius 3 is 2.91 bits per heavy atom. The third-order valence-electron chi connectivity index (χ3n) is 1.45. The molecule has 0 aliphatic rings. The first kappa shape index (κ1) is 8.08. The van der Waals surface area contributed by atoms with Crippen molar-refractivity contribution in [2.24, 2.45) is 0 Å². The topological polar surface area (TPSA) is 25.2 Å². The zero-order chi connectivity index (χ0) is 8.27. The first-order valence-electron chi connectivity index (χ1n) is 3.62. The molecule has 0 fully saturated rings. The van der Waals surface area contributed by atoms with Gasteiger partial charge in [0.15, 0.2) is 0 Å². The highest BCUT2D eigenvalue weighted by atomic mass is 16.3. The standard InChI is InChI=1S/C9H13NO/c1-8(2)5-10-4-3-9(6-10)7-11/h3-4,6,11H,1,5,7H2,2H3. The second-order valence-corrected chi connectivity index (χ2v) is 2.81. The molecule has 0 bridgehead atoms. The number of aliphatic hydroxyl groups excluding tert-OH is 1. The minimum atomic E-state index is 0.114. The van der Waals surface area contributed by atoms with Crippen molar-refractivity contribution in [2.45, 2.75) is 20.1 Å². The summed E-state index contributed by atoms with van der Waals surface area (Å²) >= 11 is 0. The van der Waals surface area contributed by atoms with Crippen LogP contribution >= 0.6 is 0 Å². The maximum Gasteiger partial charge on any atom is 0.0696 e. The van der Waals surface area contributed by atoms with Crippen molar-refractivity contribution in [2.75, 3.05) is 0 Å². The number of nitrogens with zero attached hydrogens (tertiary/aromatic N) is 1. The molecule has 0 saturated heterocycles. The zero-order valence-corrected chi connectivity index (χ0v) is 6.75. The van der Waals surface area contributed by atoms with E-state index < -0.39 is 0 Å². The van der Waals surface area contributed by atoms with Crippen LogP contribution in [-0.4, -0.2) is 9.67 Å². The van der Waals surface area contributed by atoms with Gasteiger partial charge < -0.3 is 9.67 Å². The van der Waals surface area contributed by atoms with Gasteiger partial charge in [0.2, 0.25) is 0 Å². The normalized spacial score (nSPS) is 10.0. The van der Waals surface area contributed by atoms with Gasteiger partial charge in [-0.15, -0.1) is 0 Å². The lowest BCUT2D eigenvalue weighted by molar-refractivity contribution is 0.282. The molecule has 0 aromatic carbocycles. The van der Waals surface area contributed by atoms with Gasteiger partial charge in [0, 0.05) is 18.9 Å². The Labute approximate surface area is 66.8 Å². The Hall–Kier alpha value is -1.02. The molecular formula is C9H13NO. The molecule has 1 heterocycles. The van der Waals surface area contributed by atoms with Crippen molar-refractivity contribution < 1.29 is 5.11 Å². The molecule has 1 aromatic heterocycles. The third kappa shape index (κ3) is 2.24. The summed E-state index contributed by atoms with van der Waals surface area (Å²) in [7, 11) is 0. The summed E-state index contributed by atoms with van der Waals surface area (Å²) in [5, 5.41) is 8.75. The van der Waals surface area contributed by atoms with E-state index in [-0.39, 0.29) is 6.61 Å². The first-order chi connectivity index (χ1) is 5.22. The minimum absolute atomic E-state index is 0.114. The van der Waals surface area contributed by atoms with Gasteiger partial charge in [-0.2, -0.15) is 0 Å². The average Bonchev–Trinajstić information content (AvgIpc) is 2.34. The molecule has 0 amide bonds. The quantitative estimate of drug-likeness (QED) is 0.651. The van der Waals surface area contributed by atoms with Crippen molar-refractivity contribution in [3.8, 4) is 0 Å². The van der Waals surface area contributed by atoms with Crippen LogP contribution in [-0.2, 0) is 13.2 Å². The molecule has 2 heteroatoms. The second-order valence-electron chi connectivity index (χ2n) is 2.81. The summed E-state index contributed by atoms with van der Waals surface area (Å²) in [5.41, 5.74) is 2.07. The van der Waals surface area contributed by atoms with E-state index in [0.29, 0.717) is 0 Å². The molecule has 0 unspecified atom stereocenters. The van der Waals surface area contributed by atoms with Gasteiger partial charge in [-0.3, -0.25) is 0 Å². The smallest absolute Gasteiger partial charge is 0.0696 e. The van der Waals surface area contributed by atoms with Gasteiger partial charge >= 0.3 is 0 Å². The summed E-state index contributed by atoms with van der Waals surface area (Å²) in [5.74, 6) is 0. The van der Waals surface area contributed by atoms with Gasteiger partial charge in [-0.25, -0.2) is 0 Å². The molecule has 11 heavy (non-hydrogen) atoms. The lowest BCUT2D eigenvalue weighted by atomic mass is 10.3. The number of hydrogen-bond donors (Lipinski definition) is 1. The largest absolute Gasteiger partial charge is 0.392 e. The van der Waals surface area contributed by atoms with Gasteiger partial charge in [-0.05, 0) is 18.6 Å². The van der Waals surface area contributed by atoms with Gasteiger partial charge in [0.05, 0.1) is 6.61 Å². The Morgan fingerprint density at radius 2 is 2.45 bits per heavy atom. The molecule has 0 spiro atoms. The summed E-state index contributed by atoms with van der Waals surface area (Å²) in [6.45, 7) is 6.73. The summed E-state index contributed by atoms with van der Waals surface area (Å²) < 4.78 is 2.01. The summed E-state index contributed by atoms with van der Waals surface area (Å²) in [6, 6.07) is 1.91. The fourth-order valence-corrected chi connectivity index (χ4v) is 0.994. The molecule has 0 atom stereocenters. The molecular weight excluding hydrogens is 138 g/mol. The molecule has 60 valence electrons. The monoisotopic (exact) mass is 151 g/mol. The van der Waals surface area contributed by atoms with Crippen LogP contribution in [0.4, 0.5) is 0 Å². The molecule has 0 saturated carbocycles. The second kappa shape index (κ2) is 3.39. The number of hydrogen-bond acceptors (Lipinski definition) is 1. The summed E-state index contributed by atoms with van der Waals surface area (Å²) in [6.07, 6.45) is 3.87. The third-order valence-corrected chi connectivity index (χ3v) is 1.45. The Morgan fingerprint density at radius 1 is 1.73 bits per heavy atom. The van der Waals surface area contributed by atoms with Crippen molar-refractivity contribution in [3.63, 3.8) is 0 Å². The van der Waals surface area contributed by atoms with Crippen LogP contribution in [0.15, 0.2) is 30.6 Å². The van der Waals surface area contributed by atoms with Crippen molar-refractivity contribution in [1.29, 1.82) is 0 Å². The molecule has 0 radical (unpaired) electrons. The highest BCUT2D eigenvalue weighted by molar-refractivity contribution is 5.09. The van der Waals surface area contributed by atoms with E-state index in [1.807, 2.05) is 30.0 Å². The molecule has 0 aliphatic heterocycles. The maximum absolute atomic E-state index is 8.75. The predicted molar refractivity (Wildman–Crippen MR) is 45.2 cm³/mol. The molecule has 1 rings (SSSR count). The van der Waals surface area contributed by atoms with E-state index in [9.17, 15) is 0 Å². The van der Waals surface area contributed by atoms with Crippen molar-refractivity contribution >= 4 is 0 Å². The van der Waals surface area contributed by atoms with Gasteiger partial charge in [0.25, 0.3) is 0 Å². The zero-order valence-electron chi connectivity index (χ0n) is 6.75. The SMILES string of the molecule is C=C(C)Cn1ccc(CO)c1. The van der Waals surface area contributed by atoms with Crippen LogP contribution in [0.2, 0.25) is 0 Å². The van der Waals surface area contributed by atoms with Crippen LogP contribution in [0.3, 0.4) is 0 Å². The molecule has 0 aliphatic carbocycles. The van der Waals surface area contributed by atoms with E-state index >= 15 is 0 Å². The fourth-order valence-electron chi connectivity index (χ4n) is 0.994. The van der Waals surface area contributed by atoms with Crippen LogP contribution < -0.4 is 0 Å². The van der Waals surface area contributed by atoms with E-state index in [0.717, 1.165) is 17.7 Å². The van der Waals surface area contributed by atoms with E-state index in [4.69, 9.17) is 5.11 Å². The van der Waals surface area contributed by atoms with Crippen molar-refractivity contribution in [3.05, 3.63) is 36.2 Å². The Bertz CT molecular complexity index is 250. The van der Waals surface area contributed by atoms with E-state index in [2.05, 4.69) is 6.58 Å². The van der Waals surface area contributed by atoms with Crippen LogP contribution in [0, 0.1) is 0 Å². The lowest BCUT2D eigenvalue weighted by Crippen LogP contribution is -1.93. The number of allylic oxidation sites excluding steroid dienone is 1. The maximum atomic E-state index is 8.75. The number of aromatic nitrogens is 1. The fraction of sp³-hybridized carbons (Fsp3) is 0.333. The Balaban J connectivity index is 2.65. The average molecular weight is 151 g/mol. The number of aliphatic hydroxyl groups is 1. The van der Waals surface area contributed by atoms with Crippen LogP contribution in [0.1, 0.15) is 12.5 Å². The van der Waals surface area contributed by atoms with E-state index in [1.54, 1.807) is 0 Å². The highest BCUT2D eigenvalue weighted by Crippen LogP contribution is 2.02. The lowest BCUT2D eigenvalue weighted by Gasteiger charge is -1.99. The first-order valence-corrected chi connectivity index (χ1v) is 3.62. The predicted octanol–water partition coefficient (Wildman–Crippen LogP) is 1.56. The van der Waals surface area contributed by atoms with Crippen LogP contribution in [0.25, 0.3) is 0 Å². The molecule has 1 N–H and O–H groups in total. The van der Waals surface area contributed by atoms with Crippen molar-refractivity contribution in [1.82, 2.24) is 4.57 Å². The van der Waals surface area contributed by atoms with E-state index in [1.165, 1.54) is 0 Å². The van der Waals surface area contributed by atoms with Gasteiger partial charge in [0.1, 0.15) is 0 Å². The highest BCUT2D eigenvalue weighted by Gasteiger charge is 1.93.